The van der Waals surface area contributed by atoms with E-state index < -0.39 is 0 Å². The molecule has 1 aliphatic rings. The normalized spacial score (nSPS) is 22.3. The van der Waals surface area contributed by atoms with E-state index in [-0.39, 0.29) is 12.5 Å². The van der Waals surface area contributed by atoms with Crippen molar-refractivity contribution in [2.24, 2.45) is 5.92 Å². The molecule has 0 radical (unpaired) electrons. The quantitative estimate of drug-likeness (QED) is 0.878. The van der Waals surface area contributed by atoms with Crippen LogP contribution in [0, 0.1) is 5.92 Å². The van der Waals surface area contributed by atoms with E-state index >= 15 is 0 Å². The maximum Gasteiger partial charge on any atom is 0.221 e. The lowest BCUT2D eigenvalue weighted by Gasteiger charge is -2.22. The van der Waals surface area contributed by atoms with E-state index in [0.29, 0.717) is 18.9 Å². The monoisotopic (exact) mass is 291 g/mol. The summed E-state index contributed by atoms with van der Waals surface area (Å²) in [4.78, 5) is 18.1. The van der Waals surface area contributed by atoms with Crippen molar-refractivity contribution >= 4 is 5.91 Å². The zero-order valence-corrected chi connectivity index (χ0v) is 12.5. The third-order valence-electron chi connectivity index (χ3n) is 4.03. The predicted molar refractivity (Wildman–Crippen MR) is 81.6 cm³/mol. The highest BCUT2D eigenvalue weighted by molar-refractivity contribution is 5.76. The number of aromatic nitrogens is 1. The smallest absolute Gasteiger partial charge is 0.221 e. The van der Waals surface area contributed by atoms with E-state index in [0.717, 1.165) is 38.9 Å². The number of rotatable bonds is 3. The first-order valence-corrected chi connectivity index (χ1v) is 7.76. The molecule has 21 heavy (non-hydrogen) atoms. The van der Waals surface area contributed by atoms with Gasteiger partial charge in [0.2, 0.25) is 5.91 Å². The second-order valence-corrected chi connectivity index (χ2v) is 5.71. The van der Waals surface area contributed by atoms with Gasteiger partial charge in [-0.1, -0.05) is 0 Å². The van der Waals surface area contributed by atoms with Crippen molar-refractivity contribution in [2.75, 3.05) is 26.2 Å². The second-order valence-electron chi connectivity index (χ2n) is 5.71. The van der Waals surface area contributed by atoms with Crippen molar-refractivity contribution in [2.45, 2.75) is 32.2 Å². The van der Waals surface area contributed by atoms with Gasteiger partial charge in [-0.2, -0.15) is 0 Å². The molecular weight excluding hydrogens is 266 g/mol. The molecule has 1 amide bonds. The lowest BCUT2D eigenvalue weighted by atomic mass is 10.0. The standard InChI is InChI=1S/C16H25N3O2/c20-13-15-2-1-10-19(11-6-16(21)18-9-5-15)12-14-3-7-17-8-4-14/h3-4,7-8,15,20H,1-2,5-6,9-13H2,(H,18,21). The van der Waals surface area contributed by atoms with Gasteiger partial charge in [-0.05, 0) is 49.4 Å². The highest BCUT2D eigenvalue weighted by atomic mass is 16.3. The van der Waals surface area contributed by atoms with E-state index in [1.54, 1.807) is 12.4 Å². The molecule has 116 valence electrons. The van der Waals surface area contributed by atoms with Gasteiger partial charge in [0.15, 0.2) is 0 Å². The molecular formula is C16H25N3O2. The number of amides is 1. The maximum absolute atomic E-state index is 11.8. The first kappa shape index (κ1) is 15.9. The van der Waals surface area contributed by atoms with Gasteiger partial charge < -0.3 is 10.4 Å². The van der Waals surface area contributed by atoms with Crippen LogP contribution in [0.4, 0.5) is 0 Å². The van der Waals surface area contributed by atoms with Crippen molar-refractivity contribution in [3.05, 3.63) is 30.1 Å². The molecule has 1 aromatic heterocycles. The van der Waals surface area contributed by atoms with Crippen LogP contribution in [-0.2, 0) is 11.3 Å². The van der Waals surface area contributed by atoms with Crippen molar-refractivity contribution in [3.63, 3.8) is 0 Å². The third-order valence-corrected chi connectivity index (χ3v) is 4.03. The van der Waals surface area contributed by atoms with Crippen molar-refractivity contribution in [3.8, 4) is 0 Å². The van der Waals surface area contributed by atoms with E-state index in [2.05, 4.69) is 15.2 Å². The van der Waals surface area contributed by atoms with Gasteiger partial charge >= 0.3 is 0 Å². The van der Waals surface area contributed by atoms with E-state index in [1.807, 2.05) is 12.1 Å². The molecule has 0 bridgehead atoms. The lowest BCUT2D eigenvalue weighted by molar-refractivity contribution is -0.121. The summed E-state index contributed by atoms with van der Waals surface area (Å²) in [5, 5.41) is 12.3. The van der Waals surface area contributed by atoms with Crippen LogP contribution in [-0.4, -0.2) is 47.1 Å². The van der Waals surface area contributed by atoms with Gasteiger partial charge in [0, 0.05) is 45.1 Å². The van der Waals surface area contributed by atoms with E-state index in [1.165, 1.54) is 5.56 Å². The number of nitrogens with one attached hydrogen (secondary N) is 1. The fourth-order valence-electron chi connectivity index (χ4n) is 2.71. The van der Waals surface area contributed by atoms with Crippen molar-refractivity contribution < 1.29 is 9.90 Å². The Hall–Kier alpha value is -1.46. The van der Waals surface area contributed by atoms with Gasteiger partial charge in [-0.3, -0.25) is 14.7 Å². The molecule has 1 fully saturated rings. The maximum atomic E-state index is 11.8. The Kier molecular flexibility index (Phi) is 6.63. The summed E-state index contributed by atoms with van der Waals surface area (Å²) in [5.74, 6) is 0.402. The van der Waals surface area contributed by atoms with Crippen LogP contribution in [0.25, 0.3) is 0 Å². The lowest BCUT2D eigenvalue weighted by Crippen LogP contribution is -2.31. The SMILES string of the molecule is O=C1CCN(Cc2ccncc2)CCCC(CO)CCN1. The molecule has 0 spiro atoms. The van der Waals surface area contributed by atoms with Gasteiger partial charge in [0.1, 0.15) is 0 Å². The largest absolute Gasteiger partial charge is 0.396 e. The molecule has 2 heterocycles. The minimum atomic E-state index is 0.105. The number of hydrogen-bond donors (Lipinski definition) is 2. The number of carbonyl (C=O) groups is 1. The summed E-state index contributed by atoms with van der Waals surface area (Å²) in [7, 11) is 0. The van der Waals surface area contributed by atoms with Gasteiger partial charge in [-0.25, -0.2) is 0 Å². The van der Waals surface area contributed by atoms with Gasteiger partial charge in [0.05, 0.1) is 0 Å². The summed E-state index contributed by atoms with van der Waals surface area (Å²) in [5.41, 5.74) is 1.22. The fourth-order valence-corrected chi connectivity index (χ4v) is 2.71. The average Bonchev–Trinajstić information content (AvgIpc) is 2.54. The number of aliphatic hydroxyl groups is 1. The zero-order chi connectivity index (χ0) is 14.9. The molecule has 1 saturated heterocycles. The van der Waals surface area contributed by atoms with E-state index in [4.69, 9.17) is 0 Å². The summed E-state index contributed by atoms with van der Waals surface area (Å²) in [6.07, 6.45) is 7.08. The molecule has 0 aromatic carbocycles. The zero-order valence-electron chi connectivity index (χ0n) is 12.5. The molecule has 0 aliphatic carbocycles. The molecule has 1 unspecified atom stereocenters. The predicted octanol–water partition coefficient (Wildman–Crippen LogP) is 1.18. The molecule has 5 heteroatoms. The fraction of sp³-hybridized carbons (Fsp3) is 0.625. The Bertz CT molecular complexity index is 425. The second kappa shape index (κ2) is 8.74. The molecule has 1 aromatic rings. The molecule has 1 atom stereocenters. The number of pyridine rings is 1. The van der Waals surface area contributed by atoms with Gasteiger partial charge in [-0.15, -0.1) is 0 Å². The molecule has 5 nitrogen and oxygen atoms in total. The van der Waals surface area contributed by atoms with Gasteiger partial charge in [0.25, 0.3) is 0 Å². The Balaban J connectivity index is 1.93. The molecule has 2 N–H and O–H groups in total. The number of nitrogens with zero attached hydrogens (tertiary/aromatic N) is 2. The first-order valence-electron chi connectivity index (χ1n) is 7.76. The summed E-state index contributed by atoms with van der Waals surface area (Å²) >= 11 is 0. The molecule has 0 saturated carbocycles. The first-order chi connectivity index (χ1) is 10.3. The Labute approximate surface area is 126 Å². The summed E-state index contributed by atoms with van der Waals surface area (Å²) in [6.45, 7) is 3.47. The number of carbonyl (C=O) groups excluding carboxylic acids is 1. The topological polar surface area (TPSA) is 65.5 Å². The van der Waals surface area contributed by atoms with Crippen LogP contribution < -0.4 is 5.32 Å². The third kappa shape index (κ3) is 5.81. The summed E-state index contributed by atoms with van der Waals surface area (Å²) < 4.78 is 0. The number of hydrogen-bond acceptors (Lipinski definition) is 4. The Morgan fingerprint density at radius 1 is 1.29 bits per heavy atom. The molecule has 1 aliphatic heterocycles. The Morgan fingerprint density at radius 3 is 2.86 bits per heavy atom. The minimum absolute atomic E-state index is 0.105. The van der Waals surface area contributed by atoms with Crippen LogP contribution in [0.2, 0.25) is 0 Å². The van der Waals surface area contributed by atoms with Crippen LogP contribution in [0.5, 0.6) is 0 Å². The molecule has 2 rings (SSSR count). The van der Waals surface area contributed by atoms with Crippen LogP contribution in [0.15, 0.2) is 24.5 Å². The van der Waals surface area contributed by atoms with Crippen molar-refractivity contribution in [1.29, 1.82) is 0 Å². The number of aliphatic hydroxyl groups excluding tert-OH is 1. The Morgan fingerprint density at radius 2 is 2.10 bits per heavy atom. The van der Waals surface area contributed by atoms with Crippen LogP contribution >= 0.6 is 0 Å². The highest BCUT2D eigenvalue weighted by Crippen LogP contribution is 2.13. The highest BCUT2D eigenvalue weighted by Gasteiger charge is 2.14. The minimum Gasteiger partial charge on any atom is -0.396 e. The van der Waals surface area contributed by atoms with Crippen LogP contribution in [0.1, 0.15) is 31.2 Å². The van der Waals surface area contributed by atoms with Crippen LogP contribution in [0.3, 0.4) is 0 Å². The van der Waals surface area contributed by atoms with Crippen molar-refractivity contribution in [1.82, 2.24) is 15.2 Å². The summed E-state index contributed by atoms with van der Waals surface area (Å²) in [6, 6.07) is 4.03. The average molecular weight is 291 g/mol. The van der Waals surface area contributed by atoms with E-state index in [9.17, 15) is 9.90 Å².